The highest BCUT2D eigenvalue weighted by molar-refractivity contribution is 5.75. The Morgan fingerprint density at radius 2 is 1.85 bits per heavy atom. The van der Waals surface area contributed by atoms with Gasteiger partial charge in [-0.3, -0.25) is 15.0 Å². The molecule has 0 bridgehead atoms. The average molecular weight is 367 g/mol. The standard InChI is InChI=1S/C9H11NO2.C8H18N4O2/c10-8(9(11)12)6-7-4-2-1-3-5-7;1-2-14-7(13)6(9)4-3-5-12-8(10)11/h1-5,8H,6,10H2,(H,11,12);6H,2-5,9H2,1H3,(H4,10,11,12). The Kier molecular flexibility index (Phi) is 12.2. The molecule has 9 nitrogen and oxygen atoms in total. The second kappa shape index (κ2) is 13.6. The number of esters is 1. The molecule has 0 saturated heterocycles. The summed E-state index contributed by atoms with van der Waals surface area (Å²) >= 11 is 0. The van der Waals surface area contributed by atoms with Gasteiger partial charge < -0.3 is 32.4 Å². The summed E-state index contributed by atoms with van der Waals surface area (Å²) in [4.78, 5) is 21.4. The van der Waals surface area contributed by atoms with E-state index in [2.05, 4.69) is 5.32 Å². The summed E-state index contributed by atoms with van der Waals surface area (Å²) in [7, 11) is 0. The third kappa shape index (κ3) is 11.8. The van der Waals surface area contributed by atoms with Gasteiger partial charge in [-0.25, -0.2) is 0 Å². The van der Waals surface area contributed by atoms with Crippen LogP contribution >= 0.6 is 0 Å². The third-order valence-corrected chi connectivity index (χ3v) is 3.21. The van der Waals surface area contributed by atoms with E-state index in [1.54, 1.807) is 6.92 Å². The molecule has 9 N–H and O–H groups in total. The zero-order valence-corrected chi connectivity index (χ0v) is 15.0. The van der Waals surface area contributed by atoms with Crippen LogP contribution < -0.4 is 22.5 Å². The normalized spacial score (nSPS) is 12.1. The number of nitrogens with two attached hydrogens (primary N) is 3. The first-order chi connectivity index (χ1) is 12.3. The van der Waals surface area contributed by atoms with E-state index in [9.17, 15) is 9.59 Å². The lowest BCUT2D eigenvalue weighted by molar-refractivity contribution is -0.144. The molecule has 0 amide bonds. The Bertz CT molecular complexity index is 553. The summed E-state index contributed by atoms with van der Waals surface area (Å²) < 4.78 is 4.73. The smallest absolute Gasteiger partial charge is 0.322 e. The number of hydrogen-bond donors (Lipinski definition) is 6. The van der Waals surface area contributed by atoms with Crippen molar-refractivity contribution in [2.24, 2.45) is 17.2 Å². The Morgan fingerprint density at radius 1 is 1.23 bits per heavy atom. The summed E-state index contributed by atoms with van der Waals surface area (Å²) in [6, 6.07) is 7.96. The first-order valence-electron chi connectivity index (χ1n) is 8.30. The van der Waals surface area contributed by atoms with Crippen LogP contribution in [-0.2, 0) is 20.7 Å². The van der Waals surface area contributed by atoms with Gasteiger partial charge in [-0.2, -0.15) is 0 Å². The van der Waals surface area contributed by atoms with Gasteiger partial charge in [-0.1, -0.05) is 30.3 Å². The zero-order valence-electron chi connectivity index (χ0n) is 15.0. The fourth-order valence-electron chi connectivity index (χ4n) is 1.87. The zero-order chi connectivity index (χ0) is 19.9. The summed E-state index contributed by atoms with van der Waals surface area (Å²) in [5.41, 5.74) is 16.9. The van der Waals surface area contributed by atoms with E-state index < -0.39 is 18.1 Å². The Balaban J connectivity index is 0.000000485. The molecule has 2 atom stereocenters. The first kappa shape index (κ1) is 23.4. The maximum absolute atomic E-state index is 11.0. The van der Waals surface area contributed by atoms with Crippen LogP contribution in [0, 0.1) is 5.41 Å². The quantitative estimate of drug-likeness (QED) is 0.150. The Morgan fingerprint density at radius 3 is 2.35 bits per heavy atom. The molecule has 0 heterocycles. The van der Waals surface area contributed by atoms with Gasteiger partial charge in [0.15, 0.2) is 5.96 Å². The molecular formula is C17H29N5O4. The SMILES string of the molecule is CCOC(=O)C(N)CCCNC(=N)N.NC(Cc1ccccc1)C(=O)O. The highest BCUT2D eigenvalue weighted by Crippen LogP contribution is 2.01. The van der Waals surface area contributed by atoms with E-state index in [0.29, 0.717) is 32.4 Å². The molecule has 0 saturated carbocycles. The van der Waals surface area contributed by atoms with E-state index in [1.807, 2.05) is 30.3 Å². The van der Waals surface area contributed by atoms with Gasteiger partial charge in [0.2, 0.25) is 0 Å². The number of carboxylic acid groups (broad SMARTS) is 1. The summed E-state index contributed by atoms with van der Waals surface area (Å²) in [5.74, 6) is -1.41. The van der Waals surface area contributed by atoms with Crippen molar-refractivity contribution in [3.8, 4) is 0 Å². The van der Waals surface area contributed by atoms with Crippen molar-refractivity contribution >= 4 is 17.9 Å². The average Bonchev–Trinajstić information content (AvgIpc) is 2.60. The van der Waals surface area contributed by atoms with Crippen LogP contribution in [0.15, 0.2) is 30.3 Å². The molecule has 0 radical (unpaired) electrons. The number of hydrogen-bond acceptors (Lipinski definition) is 6. The molecule has 0 fully saturated rings. The number of guanidine groups is 1. The minimum Gasteiger partial charge on any atom is -0.480 e. The molecule has 9 heteroatoms. The van der Waals surface area contributed by atoms with Crippen molar-refractivity contribution in [2.45, 2.75) is 38.3 Å². The van der Waals surface area contributed by atoms with Gasteiger partial charge in [0.1, 0.15) is 12.1 Å². The van der Waals surface area contributed by atoms with E-state index in [0.717, 1.165) is 5.56 Å². The van der Waals surface area contributed by atoms with Crippen LogP contribution in [0.3, 0.4) is 0 Å². The molecule has 2 unspecified atom stereocenters. The first-order valence-corrected chi connectivity index (χ1v) is 8.30. The number of rotatable bonds is 9. The van der Waals surface area contributed by atoms with Gasteiger partial charge in [0, 0.05) is 6.54 Å². The monoisotopic (exact) mass is 367 g/mol. The number of benzene rings is 1. The predicted octanol–water partition coefficient (Wildman–Crippen LogP) is -0.219. The van der Waals surface area contributed by atoms with Gasteiger partial charge in [0.25, 0.3) is 0 Å². The minimum absolute atomic E-state index is 0.0743. The molecular weight excluding hydrogens is 338 g/mol. The molecule has 1 aromatic rings. The molecule has 0 aliphatic rings. The minimum atomic E-state index is -0.959. The van der Waals surface area contributed by atoms with Crippen molar-refractivity contribution in [2.75, 3.05) is 13.2 Å². The fourth-order valence-corrected chi connectivity index (χ4v) is 1.87. The molecule has 146 valence electrons. The molecule has 26 heavy (non-hydrogen) atoms. The summed E-state index contributed by atoms with van der Waals surface area (Å²) in [6.45, 7) is 2.63. The number of nitrogens with one attached hydrogen (secondary N) is 2. The number of carbonyl (C=O) groups is 2. The highest BCUT2D eigenvalue weighted by Gasteiger charge is 2.13. The number of carbonyl (C=O) groups excluding carboxylic acids is 1. The van der Waals surface area contributed by atoms with Crippen LogP contribution in [-0.4, -0.2) is 48.2 Å². The maximum Gasteiger partial charge on any atom is 0.322 e. The topological polar surface area (TPSA) is 178 Å². The number of carboxylic acids is 1. The van der Waals surface area contributed by atoms with Crippen LogP contribution in [0.5, 0.6) is 0 Å². The molecule has 1 aromatic carbocycles. The Labute approximate surface area is 153 Å². The van der Waals surface area contributed by atoms with Crippen molar-refractivity contribution in [1.29, 1.82) is 5.41 Å². The van der Waals surface area contributed by atoms with Crippen molar-refractivity contribution in [1.82, 2.24) is 5.32 Å². The summed E-state index contributed by atoms with van der Waals surface area (Å²) in [6.07, 6.45) is 1.59. The third-order valence-electron chi connectivity index (χ3n) is 3.21. The largest absolute Gasteiger partial charge is 0.480 e. The second-order valence-electron chi connectivity index (χ2n) is 5.48. The van der Waals surface area contributed by atoms with Gasteiger partial charge in [-0.15, -0.1) is 0 Å². The van der Waals surface area contributed by atoms with Crippen LogP contribution in [0.1, 0.15) is 25.3 Å². The summed E-state index contributed by atoms with van der Waals surface area (Å²) in [5, 5.41) is 18.0. The van der Waals surface area contributed by atoms with Crippen LogP contribution in [0.25, 0.3) is 0 Å². The lowest BCUT2D eigenvalue weighted by atomic mass is 10.1. The molecule has 0 aliphatic carbocycles. The van der Waals surface area contributed by atoms with E-state index in [4.69, 9.17) is 32.5 Å². The molecule has 0 aromatic heterocycles. The second-order valence-corrected chi connectivity index (χ2v) is 5.48. The molecule has 1 rings (SSSR count). The Hall–Kier alpha value is -2.65. The van der Waals surface area contributed by atoms with Crippen molar-refractivity contribution < 1.29 is 19.4 Å². The molecule has 0 spiro atoms. The highest BCUT2D eigenvalue weighted by atomic mass is 16.5. The van der Waals surface area contributed by atoms with E-state index >= 15 is 0 Å². The van der Waals surface area contributed by atoms with Gasteiger partial charge >= 0.3 is 11.9 Å². The van der Waals surface area contributed by atoms with Crippen LogP contribution in [0.2, 0.25) is 0 Å². The predicted molar refractivity (Wildman–Crippen MR) is 99.5 cm³/mol. The van der Waals surface area contributed by atoms with Crippen molar-refractivity contribution in [3.63, 3.8) is 0 Å². The van der Waals surface area contributed by atoms with Gasteiger partial charge in [-0.05, 0) is 31.7 Å². The van der Waals surface area contributed by atoms with E-state index in [-0.39, 0.29) is 11.9 Å². The number of aliphatic carboxylic acids is 1. The molecule has 0 aliphatic heterocycles. The number of ether oxygens (including phenoxy) is 1. The lowest BCUT2D eigenvalue weighted by Gasteiger charge is -2.10. The van der Waals surface area contributed by atoms with Gasteiger partial charge in [0.05, 0.1) is 6.61 Å². The van der Waals surface area contributed by atoms with Crippen LogP contribution in [0.4, 0.5) is 0 Å². The lowest BCUT2D eigenvalue weighted by Crippen LogP contribution is -2.35. The maximum atomic E-state index is 11.0. The fraction of sp³-hybridized carbons (Fsp3) is 0.471. The van der Waals surface area contributed by atoms with E-state index in [1.165, 1.54) is 0 Å². The van der Waals surface area contributed by atoms with Crippen molar-refractivity contribution in [3.05, 3.63) is 35.9 Å².